The third kappa shape index (κ3) is 2.64. The summed E-state index contributed by atoms with van der Waals surface area (Å²) in [5.41, 5.74) is 1.82. The van der Waals surface area contributed by atoms with Crippen LogP contribution >= 0.6 is 15.9 Å². The fraction of sp³-hybridized carbons (Fsp3) is 0.571. The molecule has 0 atom stereocenters. The predicted molar refractivity (Wildman–Crippen MR) is 76.7 cm³/mol. The van der Waals surface area contributed by atoms with Gasteiger partial charge in [0.25, 0.3) is 0 Å². The van der Waals surface area contributed by atoms with Crippen molar-refractivity contribution >= 4 is 15.9 Å². The highest BCUT2D eigenvalue weighted by Crippen LogP contribution is 2.43. The molecule has 0 radical (unpaired) electrons. The first-order valence-corrected chi connectivity index (χ1v) is 6.76. The Bertz CT molecular complexity index is 428. The van der Waals surface area contributed by atoms with Gasteiger partial charge in [0.1, 0.15) is 0 Å². The van der Waals surface area contributed by atoms with Crippen LogP contribution in [0.3, 0.4) is 0 Å². The molecule has 4 heteroatoms. The summed E-state index contributed by atoms with van der Waals surface area (Å²) in [6.45, 7) is 6.17. The lowest BCUT2D eigenvalue weighted by atomic mass is 9.81. The molecule has 0 saturated carbocycles. The number of hydrogen-bond donors (Lipinski definition) is 1. The van der Waals surface area contributed by atoms with Gasteiger partial charge in [-0.05, 0) is 18.1 Å². The van der Waals surface area contributed by atoms with E-state index in [-0.39, 0.29) is 12.0 Å². The van der Waals surface area contributed by atoms with Crippen LogP contribution in [0.1, 0.15) is 31.9 Å². The Labute approximate surface area is 117 Å². The second kappa shape index (κ2) is 5.93. The van der Waals surface area contributed by atoms with E-state index in [1.807, 2.05) is 19.9 Å². The van der Waals surface area contributed by atoms with Gasteiger partial charge >= 0.3 is 0 Å². The molecule has 1 aromatic carbocycles. The van der Waals surface area contributed by atoms with E-state index >= 15 is 0 Å². The number of benzene rings is 1. The number of methoxy groups -OCH3 is 2. The number of rotatable bonds is 5. The second-order valence-electron chi connectivity index (χ2n) is 4.84. The van der Waals surface area contributed by atoms with Crippen molar-refractivity contribution < 1.29 is 14.6 Å². The van der Waals surface area contributed by atoms with Crippen molar-refractivity contribution in [2.24, 2.45) is 0 Å². The van der Waals surface area contributed by atoms with E-state index < -0.39 is 0 Å². The first-order valence-electron chi connectivity index (χ1n) is 5.97. The highest BCUT2D eigenvalue weighted by Gasteiger charge is 2.28. The predicted octanol–water partition coefficient (Wildman–Crippen LogP) is 3.30. The van der Waals surface area contributed by atoms with Crippen LogP contribution < -0.4 is 9.47 Å². The molecule has 0 heterocycles. The van der Waals surface area contributed by atoms with E-state index in [1.54, 1.807) is 14.2 Å². The summed E-state index contributed by atoms with van der Waals surface area (Å²) in [6, 6.07) is 1.89. The van der Waals surface area contributed by atoms with Crippen molar-refractivity contribution in [1.29, 1.82) is 0 Å². The minimum absolute atomic E-state index is 0.0775. The zero-order valence-electron chi connectivity index (χ0n) is 11.6. The van der Waals surface area contributed by atoms with E-state index in [0.717, 1.165) is 27.8 Å². The van der Waals surface area contributed by atoms with Crippen LogP contribution in [0.5, 0.6) is 11.5 Å². The van der Waals surface area contributed by atoms with Crippen LogP contribution in [0, 0.1) is 0 Å². The van der Waals surface area contributed by atoms with Crippen molar-refractivity contribution in [2.45, 2.75) is 32.6 Å². The Morgan fingerprint density at radius 3 is 2.28 bits per heavy atom. The molecule has 0 aromatic heterocycles. The summed E-state index contributed by atoms with van der Waals surface area (Å²) in [4.78, 5) is 0. The maximum absolute atomic E-state index is 9.59. The molecule has 1 rings (SSSR count). The smallest absolute Gasteiger partial charge is 0.164 e. The highest BCUT2D eigenvalue weighted by molar-refractivity contribution is 9.10. The monoisotopic (exact) mass is 316 g/mol. The van der Waals surface area contributed by atoms with Crippen LogP contribution in [0.15, 0.2) is 10.5 Å². The van der Waals surface area contributed by atoms with E-state index in [1.165, 1.54) is 0 Å². The number of aliphatic hydroxyl groups excluding tert-OH is 1. The molecule has 0 aliphatic heterocycles. The van der Waals surface area contributed by atoms with Gasteiger partial charge in [0.2, 0.25) is 0 Å². The van der Waals surface area contributed by atoms with Crippen LogP contribution in [-0.4, -0.2) is 25.9 Å². The van der Waals surface area contributed by atoms with Crippen molar-refractivity contribution in [3.8, 4) is 11.5 Å². The average Bonchev–Trinajstić information content (AvgIpc) is 2.36. The maximum atomic E-state index is 9.59. The third-order valence-electron chi connectivity index (χ3n) is 3.15. The van der Waals surface area contributed by atoms with Gasteiger partial charge in [0, 0.05) is 15.5 Å². The van der Waals surface area contributed by atoms with Crippen LogP contribution in [0.4, 0.5) is 0 Å². The summed E-state index contributed by atoms with van der Waals surface area (Å²) < 4.78 is 11.8. The fourth-order valence-corrected chi connectivity index (χ4v) is 3.17. The lowest BCUT2D eigenvalue weighted by Gasteiger charge is -2.28. The molecule has 102 valence electrons. The Hall–Kier alpha value is -0.740. The minimum Gasteiger partial charge on any atom is -0.493 e. The molecule has 1 aromatic rings. The van der Waals surface area contributed by atoms with Crippen molar-refractivity contribution in [2.75, 3.05) is 20.8 Å². The zero-order valence-corrected chi connectivity index (χ0v) is 13.2. The Morgan fingerprint density at radius 2 is 1.89 bits per heavy atom. The molecule has 0 amide bonds. The molecular weight excluding hydrogens is 296 g/mol. The summed E-state index contributed by atoms with van der Waals surface area (Å²) in [5.74, 6) is 1.46. The molecule has 3 nitrogen and oxygen atoms in total. The largest absolute Gasteiger partial charge is 0.493 e. The molecule has 1 N–H and O–H groups in total. The van der Waals surface area contributed by atoms with Crippen LogP contribution in [0.2, 0.25) is 0 Å². The van der Waals surface area contributed by atoms with E-state index in [9.17, 15) is 5.11 Å². The zero-order chi connectivity index (χ0) is 13.9. The summed E-state index contributed by atoms with van der Waals surface area (Å²) >= 11 is 3.57. The molecule has 0 fully saturated rings. The standard InChI is InChI=1S/C14H21BrO3/c1-6-9-12(14(2,3)8-16)10(15)7-11(17-4)13(9)18-5/h7,16H,6,8H2,1-5H3. The van der Waals surface area contributed by atoms with Gasteiger partial charge in [-0.3, -0.25) is 0 Å². The van der Waals surface area contributed by atoms with Gasteiger partial charge in [-0.25, -0.2) is 0 Å². The molecule has 0 aliphatic carbocycles. The Balaban J connectivity index is 3.61. The van der Waals surface area contributed by atoms with Crippen LogP contribution in [-0.2, 0) is 11.8 Å². The minimum atomic E-state index is -0.330. The molecular formula is C14H21BrO3. The molecule has 0 saturated heterocycles. The number of hydrogen-bond acceptors (Lipinski definition) is 3. The van der Waals surface area contributed by atoms with Gasteiger partial charge in [0.05, 0.1) is 20.8 Å². The first-order chi connectivity index (χ1) is 8.42. The topological polar surface area (TPSA) is 38.7 Å². The molecule has 0 bridgehead atoms. The summed E-state index contributed by atoms with van der Waals surface area (Å²) in [5, 5.41) is 9.59. The normalized spacial score (nSPS) is 11.5. The van der Waals surface area contributed by atoms with Gasteiger partial charge in [-0.1, -0.05) is 36.7 Å². The number of halogens is 1. The highest BCUT2D eigenvalue weighted by atomic mass is 79.9. The number of ether oxygens (including phenoxy) is 2. The second-order valence-corrected chi connectivity index (χ2v) is 5.70. The molecule has 18 heavy (non-hydrogen) atoms. The van der Waals surface area contributed by atoms with Gasteiger partial charge in [0.15, 0.2) is 11.5 Å². The lowest BCUT2D eigenvalue weighted by molar-refractivity contribution is 0.216. The average molecular weight is 317 g/mol. The van der Waals surface area contributed by atoms with E-state index in [0.29, 0.717) is 5.75 Å². The van der Waals surface area contributed by atoms with Crippen molar-refractivity contribution in [3.05, 3.63) is 21.7 Å². The van der Waals surface area contributed by atoms with E-state index in [4.69, 9.17) is 9.47 Å². The van der Waals surface area contributed by atoms with Gasteiger partial charge < -0.3 is 14.6 Å². The van der Waals surface area contributed by atoms with Crippen molar-refractivity contribution in [1.82, 2.24) is 0 Å². The summed E-state index contributed by atoms with van der Waals surface area (Å²) in [7, 11) is 3.27. The maximum Gasteiger partial charge on any atom is 0.164 e. The lowest BCUT2D eigenvalue weighted by Crippen LogP contribution is -2.25. The Morgan fingerprint density at radius 1 is 1.28 bits per heavy atom. The van der Waals surface area contributed by atoms with Crippen LogP contribution in [0.25, 0.3) is 0 Å². The first kappa shape index (κ1) is 15.3. The fourth-order valence-electron chi connectivity index (χ4n) is 2.18. The van der Waals surface area contributed by atoms with Crippen molar-refractivity contribution in [3.63, 3.8) is 0 Å². The molecule has 0 spiro atoms. The third-order valence-corrected chi connectivity index (χ3v) is 3.77. The summed E-state index contributed by atoms with van der Waals surface area (Å²) in [6.07, 6.45) is 0.817. The molecule has 0 aliphatic rings. The molecule has 0 unspecified atom stereocenters. The van der Waals surface area contributed by atoms with Gasteiger partial charge in [-0.15, -0.1) is 0 Å². The SMILES string of the molecule is CCc1c(OC)c(OC)cc(Br)c1C(C)(C)CO. The quantitative estimate of drug-likeness (QED) is 0.905. The Kier molecular flexibility index (Phi) is 5.05. The number of aliphatic hydroxyl groups is 1. The van der Waals surface area contributed by atoms with Gasteiger partial charge in [-0.2, -0.15) is 0 Å². The van der Waals surface area contributed by atoms with E-state index in [2.05, 4.69) is 22.9 Å².